The second-order valence-corrected chi connectivity index (χ2v) is 5.12. The molecule has 6 heteroatoms. The fraction of sp³-hybridized carbons (Fsp3) is 0.571. The topological polar surface area (TPSA) is 83.1 Å². The van der Waals surface area contributed by atoms with Crippen LogP contribution in [0.2, 0.25) is 0 Å². The van der Waals surface area contributed by atoms with Gasteiger partial charge in [-0.15, -0.1) is 0 Å². The average molecular weight is 277 g/mol. The maximum absolute atomic E-state index is 11.9. The lowest BCUT2D eigenvalue weighted by Crippen LogP contribution is -2.39. The van der Waals surface area contributed by atoms with Crippen molar-refractivity contribution >= 4 is 17.9 Å². The Morgan fingerprint density at radius 3 is 2.80 bits per heavy atom. The van der Waals surface area contributed by atoms with Crippen LogP contribution in [0.15, 0.2) is 11.0 Å². The number of ketones is 1. The highest BCUT2D eigenvalue weighted by molar-refractivity contribution is 5.78. The molecule has 0 radical (unpaired) electrons. The Morgan fingerprint density at radius 1 is 1.50 bits per heavy atom. The maximum atomic E-state index is 11.9. The molecular formula is C14H19N3O3. The zero-order valence-electron chi connectivity index (χ0n) is 11.6. The SMILES string of the molecule is CC(=O)C1CCN(c2nc(CCC=O)c[nH]c2=O)CC1. The highest BCUT2D eigenvalue weighted by Crippen LogP contribution is 2.20. The second-order valence-electron chi connectivity index (χ2n) is 5.12. The Hall–Kier alpha value is -1.98. The van der Waals surface area contributed by atoms with Gasteiger partial charge < -0.3 is 14.7 Å². The summed E-state index contributed by atoms with van der Waals surface area (Å²) in [5.41, 5.74) is 0.488. The molecule has 6 nitrogen and oxygen atoms in total. The molecule has 1 saturated heterocycles. The van der Waals surface area contributed by atoms with Crippen LogP contribution in [0, 0.1) is 5.92 Å². The minimum absolute atomic E-state index is 0.101. The summed E-state index contributed by atoms with van der Waals surface area (Å²) in [5.74, 6) is 0.713. The summed E-state index contributed by atoms with van der Waals surface area (Å²) < 4.78 is 0. The van der Waals surface area contributed by atoms with Crippen LogP contribution >= 0.6 is 0 Å². The molecule has 1 aromatic heterocycles. The van der Waals surface area contributed by atoms with Crippen molar-refractivity contribution in [2.45, 2.75) is 32.6 Å². The number of aldehydes is 1. The molecule has 108 valence electrons. The second kappa shape index (κ2) is 6.45. The minimum atomic E-state index is -0.221. The van der Waals surface area contributed by atoms with Crippen LogP contribution in [-0.4, -0.2) is 35.1 Å². The van der Waals surface area contributed by atoms with Gasteiger partial charge in [-0.1, -0.05) is 0 Å². The highest BCUT2D eigenvalue weighted by atomic mass is 16.1. The molecule has 20 heavy (non-hydrogen) atoms. The average Bonchev–Trinajstić information content (AvgIpc) is 2.46. The van der Waals surface area contributed by atoms with Crippen LogP contribution in [0.5, 0.6) is 0 Å². The molecule has 1 aliphatic heterocycles. The van der Waals surface area contributed by atoms with Crippen molar-refractivity contribution in [2.24, 2.45) is 5.92 Å². The van der Waals surface area contributed by atoms with E-state index >= 15 is 0 Å². The van der Waals surface area contributed by atoms with Crippen LogP contribution in [0.4, 0.5) is 5.82 Å². The number of carbonyl (C=O) groups excluding carboxylic acids is 2. The van der Waals surface area contributed by atoms with Crippen LogP contribution in [-0.2, 0) is 16.0 Å². The van der Waals surface area contributed by atoms with Gasteiger partial charge in [0.15, 0.2) is 5.82 Å². The van der Waals surface area contributed by atoms with Gasteiger partial charge in [0, 0.05) is 31.6 Å². The third-order valence-electron chi connectivity index (χ3n) is 3.71. The zero-order valence-corrected chi connectivity index (χ0v) is 11.6. The van der Waals surface area contributed by atoms with Crippen LogP contribution in [0.1, 0.15) is 31.9 Å². The maximum Gasteiger partial charge on any atom is 0.290 e. The number of carbonyl (C=O) groups is 2. The van der Waals surface area contributed by atoms with Crippen LogP contribution < -0.4 is 10.5 Å². The van der Waals surface area contributed by atoms with Gasteiger partial charge in [-0.3, -0.25) is 9.59 Å². The molecule has 0 aliphatic carbocycles. The number of aromatic amines is 1. The summed E-state index contributed by atoms with van der Waals surface area (Å²) in [4.78, 5) is 42.5. The van der Waals surface area contributed by atoms with Gasteiger partial charge in [-0.2, -0.15) is 0 Å². The van der Waals surface area contributed by atoms with E-state index in [2.05, 4.69) is 9.97 Å². The van der Waals surface area contributed by atoms with E-state index in [1.165, 1.54) is 0 Å². The number of rotatable bonds is 5. The number of aromatic nitrogens is 2. The first-order chi connectivity index (χ1) is 9.61. The molecule has 0 bridgehead atoms. The first kappa shape index (κ1) is 14.4. The summed E-state index contributed by atoms with van der Waals surface area (Å²) in [5, 5.41) is 0. The first-order valence-electron chi connectivity index (χ1n) is 6.89. The van der Waals surface area contributed by atoms with Gasteiger partial charge in [0.05, 0.1) is 5.69 Å². The lowest BCUT2D eigenvalue weighted by atomic mass is 9.93. The molecule has 1 N–H and O–H groups in total. The number of aryl methyl sites for hydroxylation is 1. The minimum Gasteiger partial charge on any atom is -0.352 e. The predicted octanol–water partition coefficient (Wildman–Crippen LogP) is 0.707. The number of hydrogen-bond acceptors (Lipinski definition) is 5. The molecule has 1 aromatic rings. The van der Waals surface area contributed by atoms with Crippen molar-refractivity contribution in [1.82, 2.24) is 9.97 Å². The standard InChI is InChI=1S/C14H19N3O3/c1-10(19)11-4-6-17(7-5-11)13-14(20)15-9-12(16-13)3-2-8-18/h8-9,11H,2-7H2,1H3,(H,15,20). The predicted molar refractivity (Wildman–Crippen MR) is 74.9 cm³/mol. The number of nitrogens with zero attached hydrogens (tertiary/aromatic N) is 2. The number of H-pyrrole nitrogens is 1. The third kappa shape index (κ3) is 3.31. The number of anilines is 1. The van der Waals surface area contributed by atoms with E-state index in [0.717, 1.165) is 19.1 Å². The summed E-state index contributed by atoms with van der Waals surface area (Å²) in [6.07, 6.45) is 4.83. The molecule has 0 aromatic carbocycles. The summed E-state index contributed by atoms with van der Waals surface area (Å²) in [6.45, 7) is 2.94. The Labute approximate surface area is 117 Å². The number of nitrogens with one attached hydrogen (secondary N) is 1. The molecular weight excluding hydrogens is 258 g/mol. The van der Waals surface area contributed by atoms with E-state index in [4.69, 9.17) is 0 Å². The molecule has 0 atom stereocenters. The highest BCUT2D eigenvalue weighted by Gasteiger charge is 2.24. The largest absolute Gasteiger partial charge is 0.352 e. The van der Waals surface area contributed by atoms with Gasteiger partial charge in [0.25, 0.3) is 5.56 Å². The smallest absolute Gasteiger partial charge is 0.290 e. The molecule has 0 spiro atoms. The lowest BCUT2D eigenvalue weighted by Gasteiger charge is -2.31. The van der Waals surface area contributed by atoms with E-state index in [9.17, 15) is 14.4 Å². The molecule has 1 fully saturated rings. The number of Topliss-reactive ketones (excluding diaryl/α,β-unsaturated/α-hetero) is 1. The Bertz CT molecular complexity index is 545. The van der Waals surface area contributed by atoms with E-state index in [0.29, 0.717) is 37.4 Å². The first-order valence-corrected chi connectivity index (χ1v) is 6.89. The molecule has 2 heterocycles. The summed E-state index contributed by atoms with van der Waals surface area (Å²) in [7, 11) is 0. The van der Waals surface area contributed by atoms with Crippen molar-refractivity contribution in [3.05, 3.63) is 22.2 Å². The number of piperidine rings is 1. The van der Waals surface area contributed by atoms with Crippen LogP contribution in [0.25, 0.3) is 0 Å². The van der Waals surface area contributed by atoms with E-state index < -0.39 is 0 Å². The van der Waals surface area contributed by atoms with Gasteiger partial charge in [0.2, 0.25) is 0 Å². The van der Waals surface area contributed by atoms with E-state index in [-0.39, 0.29) is 17.3 Å². The third-order valence-corrected chi connectivity index (χ3v) is 3.71. The summed E-state index contributed by atoms with van der Waals surface area (Å²) in [6, 6.07) is 0. The van der Waals surface area contributed by atoms with E-state index in [1.807, 2.05) is 4.90 Å². The van der Waals surface area contributed by atoms with Crippen molar-refractivity contribution in [1.29, 1.82) is 0 Å². The van der Waals surface area contributed by atoms with Crippen molar-refractivity contribution in [2.75, 3.05) is 18.0 Å². The fourth-order valence-electron chi connectivity index (χ4n) is 2.48. The molecule has 0 amide bonds. The van der Waals surface area contributed by atoms with Gasteiger partial charge in [0.1, 0.15) is 12.1 Å². The van der Waals surface area contributed by atoms with E-state index in [1.54, 1.807) is 13.1 Å². The molecule has 1 aliphatic rings. The lowest BCUT2D eigenvalue weighted by molar-refractivity contribution is -0.121. The van der Waals surface area contributed by atoms with Crippen molar-refractivity contribution in [3.8, 4) is 0 Å². The normalized spacial score (nSPS) is 16.1. The van der Waals surface area contributed by atoms with Crippen LogP contribution in [0.3, 0.4) is 0 Å². The Balaban J connectivity index is 2.10. The Kier molecular flexibility index (Phi) is 4.65. The molecule has 2 rings (SSSR count). The van der Waals surface area contributed by atoms with Crippen molar-refractivity contribution in [3.63, 3.8) is 0 Å². The molecule has 0 saturated carbocycles. The fourth-order valence-corrected chi connectivity index (χ4v) is 2.48. The molecule has 0 unspecified atom stereocenters. The van der Waals surface area contributed by atoms with Gasteiger partial charge in [-0.25, -0.2) is 4.98 Å². The van der Waals surface area contributed by atoms with Crippen molar-refractivity contribution < 1.29 is 9.59 Å². The van der Waals surface area contributed by atoms with Gasteiger partial charge in [-0.05, 0) is 26.2 Å². The number of hydrogen-bond donors (Lipinski definition) is 1. The quantitative estimate of drug-likeness (QED) is 0.801. The summed E-state index contributed by atoms with van der Waals surface area (Å²) >= 11 is 0. The zero-order chi connectivity index (χ0) is 14.5. The monoisotopic (exact) mass is 277 g/mol. The van der Waals surface area contributed by atoms with Gasteiger partial charge >= 0.3 is 0 Å². The Morgan fingerprint density at radius 2 is 2.20 bits per heavy atom.